The van der Waals surface area contributed by atoms with Crippen LogP contribution in [0.3, 0.4) is 0 Å². The average molecular weight is 563 g/mol. The predicted molar refractivity (Wildman–Crippen MR) is 163 cm³/mol. The lowest BCUT2D eigenvalue weighted by Gasteiger charge is -2.34. The molecule has 10 heteroatoms. The van der Waals surface area contributed by atoms with Crippen molar-refractivity contribution in [2.75, 3.05) is 48.8 Å². The number of carbonyl (C=O) groups excluding carboxylic acids is 1. The van der Waals surface area contributed by atoms with E-state index in [1.54, 1.807) is 25.5 Å². The summed E-state index contributed by atoms with van der Waals surface area (Å²) in [4.78, 5) is 22.4. The summed E-state index contributed by atoms with van der Waals surface area (Å²) in [5.41, 5.74) is 6.82. The lowest BCUT2D eigenvalue weighted by molar-refractivity contribution is 0.102. The molecule has 6 rings (SSSR count). The molecule has 42 heavy (non-hydrogen) atoms. The first-order valence-corrected chi connectivity index (χ1v) is 13.7. The Morgan fingerprint density at radius 3 is 2.64 bits per heavy atom. The van der Waals surface area contributed by atoms with Crippen molar-refractivity contribution < 1.29 is 9.18 Å². The number of rotatable bonds is 5. The van der Waals surface area contributed by atoms with Gasteiger partial charge in [-0.25, -0.2) is 9.37 Å². The zero-order valence-corrected chi connectivity index (χ0v) is 23.7. The van der Waals surface area contributed by atoms with Crippen LogP contribution in [-0.4, -0.2) is 63.6 Å². The summed E-state index contributed by atoms with van der Waals surface area (Å²) < 4.78 is 16.9. The molecule has 0 bridgehead atoms. The molecule has 2 aromatic carbocycles. The number of imidazole rings is 1. The van der Waals surface area contributed by atoms with E-state index in [2.05, 4.69) is 60.6 Å². The van der Waals surface area contributed by atoms with Gasteiger partial charge in [-0.2, -0.15) is 5.10 Å². The van der Waals surface area contributed by atoms with Crippen LogP contribution in [0, 0.1) is 31.5 Å². The summed E-state index contributed by atoms with van der Waals surface area (Å²) in [7, 11) is 2.11. The van der Waals surface area contributed by atoms with Gasteiger partial charge >= 0.3 is 0 Å². The molecule has 3 N–H and O–H groups in total. The Bertz CT molecular complexity index is 1820. The van der Waals surface area contributed by atoms with E-state index in [1.165, 1.54) is 12.1 Å². The Kier molecular flexibility index (Phi) is 7.33. The summed E-state index contributed by atoms with van der Waals surface area (Å²) >= 11 is 0. The third-order valence-electron chi connectivity index (χ3n) is 7.39. The number of aryl methyl sites for hydroxylation is 2. The van der Waals surface area contributed by atoms with Crippen LogP contribution in [0.4, 0.5) is 27.1 Å². The summed E-state index contributed by atoms with van der Waals surface area (Å²) in [5, 5.41) is 12.9. The molecule has 1 saturated heterocycles. The van der Waals surface area contributed by atoms with E-state index in [1.807, 2.05) is 41.8 Å². The minimum atomic E-state index is -0.591. The molecule has 9 nitrogen and oxygen atoms in total. The van der Waals surface area contributed by atoms with Crippen LogP contribution in [0.1, 0.15) is 32.7 Å². The Hall–Kier alpha value is -5.14. The number of likely N-dealkylation sites (N-methyl/N-ethyl adjacent to an activating group) is 1. The van der Waals surface area contributed by atoms with Crippen LogP contribution < -0.4 is 15.5 Å². The number of anilines is 4. The largest absolute Gasteiger partial charge is 0.369 e. The summed E-state index contributed by atoms with van der Waals surface area (Å²) in [5.74, 6) is 5.15. The zero-order valence-electron chi connectivity index (χ0n) is 23.7. The Morgan fingerprint density at radius 1 is 1.02 bits per heavy atom. The molecule has 5 aromatic rings. The minimum absolute atomic E-state index is 0.0581. The number of hydrogen-bond acceptors (Lipinski definition) is 6. The van der Waals surface area contributed by atoms with Crippen molar-refractivity contribution >= 4 is 34.3 Å². The molecule has 0 radical (unpaired) electrons. The molecule has 0 spiro atoms. The lowest BCUT2D eigenvalue weighted by Crippen LogP contribution is -2.44. The fourth-order valence-corrected chi connectivity index (χ4v) is 5.07. The normalized spacial score (nSPS) is 13.6. The van der Waals surface area contributed by atoms with Crippen molar-refractivity contribution in [3.05, 3.63) is 101 Å². The fraction of sp³-hybridized carbons (Fsp3) is 0.219. The first kappa shape index (κ1) is 27.1. The van der Waals surface area contributed by atoms with Crippen LogP contribution in [0.5, 0.6) is 0 Å². The van der Waals surface area contributed by atoms with Crippen molar-refractivity contribution in [3.63, 3.8) is 0 Å². The number of carbonyl (C=O) groups is 1. The molecule has 0 aliphatic carbocycles. The van der Waals surface area contributed by atoms with Crippen molar-refractivity contribution in [3.8, 4) is 11.8 Å². The van der Waals surface area contributed by atoms with Gasteiger partial charge in [0, 0.05) is 55.5 Å². The van der Waals surface area contributed by atoms with Crippen LogP contribution in [-0.2, 0) is 0 Å². The van der Waals surface area contributed by atoms with Crippen molar-refractivity contribution in [2.45, 2.75) is 13.8 Å². The van der Waals surface area contributed by atoms with E-state index >= 15 is 4.39 Å². The second kappa shape index (κ2) is 11.4. The summed E-state index contributed by atoms with van der Waals surface area (Å²) in [6.45, 7) is 7.55. The molecule has 1 fully saturated rings. The topological polar surface area (TPSA) is 93.6 Å². The molecule has 1 aliphatic rings. The van der Waals surface area contributed by atoms with E-state index in [4.69, 9.17) is 0 Å². The van der Waals surface area contributed by atoms with Crippen LogP contribution >= 0.6 is 0 Å². The third kappa shape index (κ3) is 5.68. The molecular formula is C32H31FN8O. The smallest absolute Gasteiger partial charge is 0.258 e. The number of benzene rings is 2. The van der Waals surface area contributed by atoms with Crippen LogP contribution in [0.2, 0.25) is 0 Å². The maximum absolute atomic E-state index is 15.0. The molecule has 0 saturated carbocycles. The maximum Gasteiger partial charge on any atom is 0.258 e. The van der Waals surface area contributed by atoms with E-state index in [0.29, 0.717) is 28.2 Å². The van der Waals surface area contributed by atoms with Gasteiger partial charge in [0.25, 0.3) is 5.91 Å². The number of nitrogens with zero attached hydrogens (tertiary/aromatic N) is 5. The molecule has 4 heterocycles. The number of aromatic amines is 1. The molecule has 1 amide bonds. The molecule has 0 unspecified atom stereocenters. The maximum atomic E-state index is 15.0. The number of halogens is 1. The van der Waals surface area contributed by atoms with Crippen molar-refractivity contribution in [1.29, 1.82) is 0 Å². The number of H-pyrrole nitrogens is 1. The first-order valence-electron chi connectivity index (χ1n) is 13.7. The van der Waals surface area contributed by atoms with E-state index in [9.17, 15) is 4.79 Å². The van der Waals surface area contributed by atoms with Gasteiger partial charge in [-0.3, -0.25) is 14.3 Å². The van der Waals surface area contributed by atoms with Gasteiger partial charge in [0.1, 0.15) is 11.5 Å². The highest BCUT2D eigenvalue weighted by atomic mass is 19.1. The summed E-state index contributed by atoms with van der Waals surface area (Å²) in [6, 6.07) is 12.6. The molecule has 1 aliphatic heterocycles. The third-order valence-corrected chi connectivity index (χ3v) is 7.39. The number of aromatic nitrogens is 4. The van der Waals surface area contributed by atoms with Crippen LogP contribution in [0.25, 0.3) is 5.65 Å². The van der Waals surface area contributed by atoms with E-state index < -0.39 is 11.7 Å². The standard InChI is InChI=1S/C32H31FN8O/c1-21-13-24(17-27(14-21)40-11-9-39(3)10-12-40)38-32(42)28-16-23(22(2)15-29(28)33)6-7-26-20-34-31-30(5-4-8-41(26)31)37-25-18-35-36-19-25/h4-5,8,13-20,37H,9-12H2,1-3H3,(H,35,36)(H,38,42). The second-order valence-corrected chi connectivity index (χ2v) is 10.6. The second-order valence-electron chi connectivity index (χ2n) is 10.6. The highest BCUT2D eigenvalue weighted by Crippen LogP contribution is 2.25. The Labute approximate surface area is 243 Å². The number of fused-ring (bicyclic) bond motifs is 1. The molecule has 212 valence electrons. The number of nitrogens with one attached hydrogen (secondary N) is 3. The van der Waals surface area contributed by atoms with Crippen LogP contribution in [0.15, 0.2) is 67.3 Å². The van der Waals surface area contributed by atoms with Gasteiger partial charge in [0.15, 0.2) is 5.65 Å². The fourth-order valence-electron chi connectivity index (χ4n) is 5.07. The highest BCUT2D eigenvalue weighted by Gasteiger charge is 2.18. The number of amides is 1. The number of piperazine rings is 1. The van der Waals surface area contributed by atoms with Gasteiger partial charge in [-0.1, -0.05) is 5.92 Å². The number of pyridine rings is 1. The van der Waals surface area contributed by atoms with Gasteiger partial charge in [0.2, 0.25) is 0 Å². The van der Waals surface area contributed by atoms with Gasteiger partial charge in [-0.15, -0.1) is 0 Å². The SMILES string of the molecule is Cc1cc(NC(=O)c2cc(C#Cc3cnc4c(Nc5cn[nH]c5)cccn34)c(C)cc2F)cc(N2CCN(C)CC2)c1. The van der Waals surface area contributed by atoms with Crippen molar-refractivity contribution in [1.82, 2.24) is 24.5 Å². The number of hydrogen-bond donors (Lipinski definition) is 3. The lowest BCUT2D eigenvalue weighted by atomic mass is 10.0. The minimum Gasteiger partial charge on any atom is -0.369 e. The van der Waals surface area contributed by atoms with E-state index in [-0.39, 0.29) is 5.56 Å². The van der Waals surface area contributed by atoms with Gasteiger partial charge in [0.05, 0.1) is 29.3 Å². The zero-order chi connectivity index (χ0) is 29.2. The first-order chi connectivity index (χ1) is 20.3. The van der Waals surface area contributed by atoms with Gasteiger partial charge < -0.3 is 20.4 Å². The Balaban J connectivity index is 1.24. The van der Waals surface area contributed by atoms with E-state index in [0.717, 1.165) is 48.8 Å². The van der Waals surface area contributed by atoms with Crippen molar-refractivity contribution in [2.24, 2.45) is 0 Å². The monoisotopic (exact) mass is 562 g/mol. The van der Waals surface area contributed by atoms with Gasteiger partial charge in [-0.05, 0) is 80.4 Å². The average Bonchev–Trinajstić information content (AvgIpc) is 3.63. The predicted octanol–water partition coefficient (Wildman–Crippen LogP) is 4.96. The summed E-state index contributed by atoms with van der Waals surface area (Å²) in [6.07, 6.45) is 7.00. The molecular weight excluding hydrogens is 531 g/mol. The Morgan fingerprint density at radius 2 is 1.86 bits per heavy atom. The molecule has 3 aromatic heterocycles. The molecule has 0 atom stereocenters. The quantitative estimate of drug-likeness (QED) is 0.262. The highest BCUT2D eigenvalue weighted by molar-refractivity contribution is 6.05.